The zero-order chi connectivity index (χ0) is 19.7. The van der Waals surface area contributed by atoms with Crippen LogP contribution < -0.4 is 5.32 Å². The van der Waals surface area contributed by atoms with Crippen molar-refractivity contribution in [3.8, 4) is 0 Å². The molecule has 0 bridgehead atoms. The molecule has 0 aliphatic carbocycles. The van der Waals surface area contributed by atoms with E-state index in [0.29, 0.717) is 24.2 Å². The third-order valence-corrected chi connectivity index (χ3v) is 4.82. The minimum absolute atomic E-state index is 0.0780. The fraction of sp³-hybridized carbons (Fsp3) is 0.273. The number of aromatic nitrogens is 2. The quantitative estimate of drug-likeness (QED) is 0.501. The number of nitrogens with one attached hydrogen (secondary N) is 2. The van der Waals surface area contributed by atoms with Gasteiger partial charge in [-0.25, -0.2) is 9.37 Å². The van der Waals surface area contributed by atoms with E-state index in [4.69, 9.17) is 4.42 Å². The number of benzene rings is 2. The molecule has 0 aliphatic rings. The maximum absolute atomic E-state index is 13.4. The molecule has 0 saturated heterocycles. The van der Waals surface area contributed by atoms with Gasteiger partial charge in [-0.3, -0.25) is 4.79 Å². The van der Waals surface area contributed by atoms with Crippen LogP contribution >= 0.6 is 0 Å². The van der Waals surface area contributed by atoms with Crippen LogP contribution in [0.3, 0.4) is 0 Å². The van der Waals surface area contributed by atoms with Gasteiger partial charge in [-0.05, 0) is 36.2 Å². The van der Waals surface area contributed by atoms with Gasteiger partial charge >= 0.3 is 0 Å². The number of para-hydroxylation sites is 2. The number of fused-ring (bicyclic) bond motifs is 2. The molecule has 2 N–H and O–H groups in total. The van der Waals surface area contributed by atoms with Crippen molar-refractivity contribution in [1.29, 1.82) is 0 Å². The molecule has 2 aromatic carbocycles. The van der Waals surface area contributed by atoms with Crippen molar-refractivity contribution in [1.82, 2.24) is 15.3 Å². The summed E-state index contributed by atoms with van der Waals surface area (Å²) in [7, 11) is 0. The first-order valence-corrected chi connectivity index (χ1v) is 9.41. The maximum Gasteiger partial charge on any atom is 0.221 e. The lowest BCUT2D eigenvalue weighted by molar-refractivity contribution is -0.122. The molecule has 2 heterocycles. The molecule has 28 heavy (non-hydrogen) atoms. The highest BCUT2D eigenvalue weighted by molar-refractivity contribution is 5.80. The molecule has 4 rings (SSSR count). The molecular weight excluding hydrogens is 357 g/mol. The van der Waals surface area contributed by atoms with Gasteiger partial charge in [-0.15, -0.1) is 0 Å². The molecular formula is C22H22FN3O2. The van der Waals surface area contributed by atoms with Gasteiger partial charge in [0.05, 0.1) is 17.1 Å². The average molecular weight is 379 g/mol. The van der Waals surface area contributed by atoms with E-state index < -0.39 is 0 Å². The Bertz CT molecular complexity index is 1100. The van der Waals surface area contributed by atoms with Crippen LogP contribution in [-0.4, -0.2) is 15.9 Å². The van der Waals surface area contributed by atoms with Crippen LogP contribution in [0.1, 0.15) is 37.9 Å². The van der Waals surface area contributed by atoms with Crippen LogP contribution in [0.15, 0.2) is 52.9 Å². The number of H-pyrrole nitrogens is 1. The van der Waals surface area contributed by atoms with Crippen LogP contribution in [0.2, 0.25) is 0 Å². The Morgan fingerprint density at radius 2 is 2.04 bits per heavy atom. The fourth-order valence-electron chi connectivity index (χ4n) is 3.35. The van der Waals surface area contributed by atoms with E-state index in [1.807, 2.05) is 44.2 Å². The minimum atomic E-state index is -0.343. The van der Waals surface area contributed by atoms with Gasteiger partial charge in [0.25, 0.3) is 0 Å². The molecule has 5 nitrogen and oxygen atoms in total. The van der Waals surface area contributed by atoms with Gasteiger partial charge in [0.1, 0.15) is 23.0 Å². The first kappa shape index (κ1) is 18.2. The van der Waals surface area contributed by atoms with Crippen molar-refractivity contribution >= 4 is 27.9 Å². The Labute approximate surface area is 162 Å². The minimum Gasteiger partial charge on any atom is -0.459 e. The summed E-state index contributed by atoms with van der Waals surface area (Å²) in [5.41, 5.74) is 2.34. The van der Waals surface area contributed by atoms with Crippen molar-refractivity contribution in [2.24, 2.45) is 5.92 Å². The standard InChI is InChI=1S/C22H22FN3O2/c1-13(2)22(19-11-14-7-8-15(23)12-18(14)28-19)26-21(27)10-9-20-24-16-5-3-4-6-17(16)25-20/h3-8,11-13,22H,9-10H2,1-2H3,(H,24,25)(H,26,27). The lowest BCUT2D eigenvalue weighted by Crippen LogP contribution is -2.31. The molecule has 144 valence electrons. The number of nitrogens with zero attached hydrogens (tertiary/aromatic N) is 1. The zero-order valence-corrected chi connectivity index (χ0v) is 15.8. The number of hydrogen-bond acceptors (Lipinski definition) is 3. The number of hydrogen-bond donors (Lipinski definition) is 2. The normalized spacial score (nSPS) is 12.7. The number of rotatable bonds is 6. The maximum atomic E-state index is 13.4. The molecule has 2 aromatic heterocycles. The predicted molar refractivity (Wildman–Crippen MR) is 106 cm³/mol. The molecule has 1 unspecified atom stereocenters. The second-order valence-corrected chi connectivity index (χ2v) is 7.32. The van der Waals surface area contributed by atoms with E-state index in [9.17, 15) is 9.18 Å². The Morgan fingerprint density at radius 1 is 1.21 bits per heavy atom. The summed E-state index contributed by atoms with van der Waals surface area (Å²) in [5.74, 6) is 1.13. The molecule has 1 amide bonds. The summed E-state index contributed by atoms with van der Waals surface area (Å²) in [6, 6.07) is 13.8. The van der Waals surface area contributed by atoms with Gasteiger partial charge in [-0.1, -0.05) is 26.0 Å². The van der Waals surface area contributed by atoms with Crippen LogP contribution in [0.5, 0.6) is 0 Å². The first-order chi connectivity index (χ1) is 13.5. The van der Waals surface area contributed by atoms with Gasteiger partial charge in [0, 0.05) is 24.3 Å². The molecule has 0 fully saturated rings. The Balaban J connectivity index is 1.45. The Morgan fingerprint density at radius 3 is 2.82 bits per heavy atom. The van der Waals surface area contributed by atoms with E-state index in [2.05, 4.69) is 15.3 Å². The second kappa shape index (κ2) is 7.46. The topological polar surface area (TPSA) is 70.9 Å². The number of carbonyl (C=O) groups excluding carboxylic acids is 1. The summed E-state index contributed by atoms with van der Waals surface area (Å²) < 4.78 is 19.2. The van der Waals surface area contributed by atoms with Gasteiger partial charge in [0.2, 0.25) is 5.91 Å². The number of furan rings is 1. The van der Waals surface area contributed by atoms with Crippen LogP contribution in [0.25, 0.3) is 22.0 Å². The van der Waals surface area contributed by atoms with Crippen molar-refractivity contribution in [2.45, 2.75) is 32.7 Å². The van der Waals surface area contributed by atoms with E-state index in [1.54, 1.807) is 6.07 Å². The summed E-state index contributed by atoms with van der Waals surface area (Å²) in [6.45, 7) is 4.02. The van der Waals surface area contributed by atoms with Crippen molar-refractivity contribution in [3.63, 3.8) is 0 Å². The van der Waals surface area contributed by atoms with Crippen LogP contribution in [0, 0.1) is 11.7 Å². The summed E-state index contributed by atoms with van der Waals surface area (Å²) in [5, 5.41) is 3.86. The molecule has 0 saturated carbocycles. The number of halogens is 1. The number of imidazole rings is 1. The summed E-state index contributed by atoms with van der Waals surface area (Å²) >= 11 is 0. The van der Waals surface area contributed by atoms with Gasteiger partial charge in [-0.2, -0.15) is 0 Å². The highest BCUT2D eigenvalue weighted by Gasteiger charge is 2.22. The number of carbonyl (C=O) groups is 1. The van der Waals surface area contributed by atoms with E-state index in [1.165, 1.54) is 12.1 Å². The smallest absolute Gasteiger partial charge is 0.221 e. The van der Waals surface area contributed by atoms with Gasteiger partial charge in [0.15, 0.2) is 0 Å². The van der Waals surface area contributed by atoms with Crippen molar-refractivity contribution in [2.75, 3.05) is 0 Å². The van der Waals surface area contributed by atoms with Crippen molar-refractivity contribution in [3.05, 3.63) is 65.9 Å². The molecule has 4 aromatic rings. The van der Waals surface area contributed by atoms with Gasteiger partial charge < -0.3 is 14.7 Å². The zero-order valence-electron chi connectivity index (χ0n) is 15.8. The largest absolute Gasteiger partial charge is 0.459 e. The van der Waals surface area contributed by atoms with E-state index in [-0.39, 0.29) is 23.7 Å². The second-order valence-electron chi connectivity index (χ2n) is 7.32. The fourth-order valence-corrected chi connectivity index (χ4v) is 3.35. The van der Waals surface area contributed by atoms with E-state index >= 15 is 0 Å². The number of aromatic amines is 1. The molecule has 0 aliphatic heterocycles. The Kier molecular flexibility index (Phi) is 4.86. The molecule has 0 radical (unpaired) electrons. The average Bonchev–Trinajstić information content (AvgIpc) is 3.27. The molecule has 6 heteroatoms. The van der Waals surface area contributed by atoms with E-state index in [0.717, 1.165) is 22.2 Å². The third-order valence-electron chi connectivity index (χ3n) is 4.82. The Hall–Kier alpha value is -3.15. The lowest BCUT2D eigenvalue weighted by Gasteiger charge is -2.20. The predicted octanol–water partition coefficient (Wildman–Crippen LogP) is 4.89. The van der Waals surface area contributed by atoms with Crippen LogP contribution in [0.4, 0.5) is 4.39 Å². The first-order valence-electron chi connectivity index (χ1n) is 9.41. The third kappa shape index (κ3) is 3.76. The van der Waals surface area contributed by atoms with Crippen molar-refractivity contribution < 1.29 is 13.6 Å². The highest BCUT2D eigenvalue weighted by Crippen LogP contribution is 2.29. The number of amides is 1. The SMILES string of the molecule is CC(C)C(NC(=O)CCc1nc2ccccc2[nH]1)c1cc2ccc(F)cc2o1. The monoisotopic (exact) mass is 379 g/mol. The number of aryl methyl sites for hydroxylation is 1. The summed E-state index contributed by atoms with van der Waals surface area (Å²) in [6.07, 6.45) is 0.842. The molecule has 1 atom stereocenters. The molecule has 0 spiro atoms. The highest BCUT2D eigenvalue weighted by atomic mass is 19.1. The van der Waals surface area contributed by atoms with Crippen LogP contribution in [-0.2, 0) is 11.2 Å². The lowest BCUT2D eigenvalue weighted by atomic mass is 10.0. The summed E-state index contributed by atoms with van der Waals surface area (Å²) in [4.78, 5) is 20.3.